The lowest BCUT2D eigenvalue weighted by molar-refractivity contribution is 0.0692. The van der Waals surface area contributed by atoms with E-state index in [-0.39, 0.29) is 5.56 Å². The second-order valence-corrected chi connectivity index (χ2v) is 3.85. The van der Waals surface area contributed by atoms with Gasteiger partial charge in [-0.3, -0.25) is 0 Å². The van der Waals surface area contributed by atoms with Crippen LogP contribution in [0.4, 0.5) is 10.1 Å². The lowest BCUT2D eigenvalue weighted by Crippen LogP contribution is -2.04. The summed E-state index contributed by atoms with van der Waals surface area (Å²) in [5.74, 6) is -1.23. The maximum absolute atomic E-state index is 13.2. The van der Waals surface area contributed by atoms with Gasteiger partial charge in [0.2, 0.25) is 0 Å². The summed E-state index contributed by atoms with van der Waals surface area (Å²) in [6.07, 6.45) is 1.68. The van der Waals surface area contributed by atoms with Crippen molar-refractivity contribution in [1.82, 2.24) is 9.97 Å². The fourth-order valence-corrected chi connectivity index (χ4v) is 1.56. The van der Waals surface area contributed by atoms with Gasteiger partial charge in [-0.15, -0.1) is 0 Å². The molecule has 0 unspecified atom stereocenters. The largest absolute Gasteiger partial charge is 0.478 e. The number of halogens is 1. The lowest BCUT2D eigenvalue weighted by Gasteiger charge is -2.06. The molecule has 0 aliphatic carbocycles. The molecule has 5 nitrogen and oxygen atoms in total. The van der Waals surface area contributed by atoms with Crippen molar-refractivity contribution in [2.75, 3.05) is 5.32 Å². The van der Waals surface area contributed by atoms with Crippen molar-refractivity contribution < 1.29 is 14.3 Å². The standard InChI is InChI=1S/C12H12FN3O2/c1-7-14-5-9(16-7)6-15-8-2-3-11(13)10(4-8)12(17)18/h2-5,15H,6H2,1H3,(H,14,16)(H,17,18). The van der Waals surface area contributed by atoms with E-state index in [0.717, 1.165) is 17.6 Å². The number of nitrogens with one attached hydrogen (secondary N) is 2. The number of rotatable bonds is 4. The Bertz CT molecular complexity index is 580. The molecule has 0 aliphatic heterocycles. The number of H-pyrrole nitrogens is 1. The maximum atomic E-state index is 13.2. The molecular formula is C12H12FN3O2. The Balaban J connectivity index is 2.10. The second-order valence-electron chi connectivity index (χ2n) is 3.85. The zero-order chi connectivity index (χ0) is 13.1. The average molecular weight is 249 g/mol. The molecule has 94 valence electrons. The molecule has 0 saturated carbocycles. The summed E-state index contributed by atoms with van der Waals surface area (Å²) in [6.45, 7) is 2.30. The summed E-state index contributed by atoms with van der Waals surface area (Å²) in [6, 6.07) is 3.88. The minimum Gasteiger partial charge on any atom is -0.478 e. The molecule has 1 heterocycles. The maximum Gasteiger partial charge on any atom is 0.338 e. The average Bonchev–Trinajstić information content (AvgIpc) is 2.74. The lowest BCUT2D eigenvalue weighted by atomic mass is 10.2. The van der Waals surface area contributed by atoms with E-state index in [1.54, 1.807) is 6.20 Å². The van der Waals surface area contributed by atoms with Crippen molar-refractivity contribution in [3.8, 4) is 0 Å². The molecule has 1 aromatic carbocycles. The Labute approximate surface area is 103 Å². The monoisotopic (exact) mass is 249 g/mol. The number of anilines is 1. The summed E-state index contributed by atoms with van der Waals surface area (Å²) in [5.41, 5.74) is 1.07. The van der Waals surface area contributed by atoms with Crippen molar-refractivity contribution in [2.24, 2.45) is 0 Å². The molecule has 6 heteroatoms. The smallest absolute Gasteiger partial charge is 0.338 e. The first-order valence-electron chi connectivity index (χ1n) is 5.33. The highest BCUT2D eigenvalue weighted by molar-refractivity contribution is 5.89. The Morgan fingerprint density at radius 3 is 2.94 bits per heavy atom. The zero-order valence-corrected chi connectivity index (χ0v) is 9.70. The van der Waals surface area contributed by atoms with E-state index in [1.807, 2.05) is 6.92 Å². The van der Waals surface area contributed by atoms with Crippen LogP contribution in [0.3, 0.4) is 0 Å². The van der Waals surface area contributed by atoms with Gasteiger partial charge in [-0.05, 0) is 25.1 Å². The van der Waals surface area contributed by atoms with Gasteiger partial charge in [0.25, 0.3) is 0 Å². The minimum atomic E-state index is -1.28. The number of aromatic carboxylic acids is 1. The molecule has 2 aromatic rings. The quantitative estimate of drug-likeness (QED) is 0.776. The Kier molecular flexibility index (Phi) is 3.27. The summed E-state index contributed by atoms with van der Waals surface area (Å²) >= 11 is 0. The van der Waals surface area contributed by atoms with Gasteiger partial charge < -0.3 is 15.4 Å². The number of hydrogen-bond acceptors (Lipinski definition) is 3. The van der Waals surface area contributed by atoms with Crippen LogP contribution in [-0.2, 0) is 6.54 Å². The van der Waals surface area contributed by atoms with Gasteiger partial charge in [-0.2, -0.15) is 0 Å². The zero-order valence-electron chi connectivity index (χ0n) is 9.70. The number of carbonyl (C=O) groups is 1. The van der Waals surface area contributed by atoms with Crippen LogP contribution >= 0.6 is 0 Å². The topological polar surface area (TPSA) is 78.0 Å². The molecule has 0 saturated heterocycles. The number of nitrogens with zero attached hydrogens (tertiary/aromatic N) is 1. The molecule has 18 heavy (non-hydrogen) atoms. The van der Waals surface area contributed by atoms with Crippen molar-refractivity contribution in [1.29, 1.82) is 0 Å². The Morgan fingerprint density at radius 2 is 2.33 bits per heavy atom. The van der Waals surface area contributed by atoms with Crippen molar-refractivity contribution >= 4 is 11.7 Å². The minimum absolute atomic E-state index is 0.346. The highest BCUT2D eigenvalue weighted by atomic mass is 19.1. The van der Waals surface area contributed by atoms with Crippen LogP contribution in [0.2, 0.25) is 0 Å². The number of aryl methyl sites for hydroxylation is 1. The first kappa shape index (κ1) is 12.1. The van der Waals surface area contributed by atoms with Crippen LogP contribution in [-0.4, -0.2) is 21.0 Å². The third-order valence-electron chi connectivity index (χ3n) is 2.44. The fraction of sp³-hybridized carbons (Fsp3) is 0.167. The van der Waals surface area contributed by atoms with E-state index >= 15 is 0 Å². The van der Waals surface area contributed by atoms with Gasteiger partial charge >= 0.3 is 5.97 Å². The molecule has 3 N–H and O–H groups in total. The Morgan fingerprint density at radius 1 is 1.56 bits per heavy atom. The molecule has 0 atom stereocenters. The van der Waals surface area contributed by atoms with E-state index in [4.69, 9.17) is 5.11 Å². The number of hydrogen-bond donors (Lipinski definition) is 3. The van der Waals surface area contributed by atoms with Crippen LogP contribution in [0.5, 0.6) is 0 Å². The molecule has 2 rings (SSSR count). The van der Waals surface area contributed by atoms with Crippen LogP contribution < -0.4 is 5.32 Å². The van der Waals surface area contributed by atoms with Crippen molar-refractivity contribution in [3.05, 3.63) is 47.3 Å². The predicted octanol–water partition coefficient (Wildman–Crippen LogP) is 2.17. The summed E-state index contributed by atoms with van der Waals surface area (Å²) in [7, 11) is 0. The number of imidazole rings is 1. The number of aromatic amines is 1. The van der Waals surface area contributed by atoms with E-state index in [2.05, 4.69) is 15.3 Å². The fourth-order valence-electron chi connectivity index (χ4n) is 1.56. The SMILES string of the molecule is Cc1ncc(CNc2ccc(F)c(C(=O)O)c2)[nH]1. The van der Waals surface area contributed by atoms with E-state index in [1.165, 1.54) is 12.1 Å². The number of aromatic nitrogens is 2. The van der Waals surface area contributed by atoms with Crippen molar-refractivity contribution in [3.63, 3.8) is 0 Å². The van der Waals surface area contributed by atoms with E-state index < -0.39 is 11.8 Å². The highest BCUT2D eigenvalue weighted by Crippen LogP contribution is 2.15. The molecule has 0 spiro atoms. The third kappa shape index (κ3) is 2.65. The molecule has 1 aromatic heterocycles. The first-order valence-corrected chi connectivity index (χ1v) is 5.33. The summed E-state index contributed by atoms with van der Waals surface area (Å²) < 4.78 is 13.2. The number of carboxylic acid groups (broad SMARTS) is 1. The van der Waals surface area contributed by atoms with Gasteiger partial charge in [-0.1, -0.05) is 0 Å². The highest BCUT2D eigenvalue weighted by Gasteiger charge is 2.10. The number of benzene rings is 1. The van der Waals surface area contributed by atoms with Gasteiger partial charge in [0, 0.05) is 5.69 Å². The number of carboxylic acids is 1. The van der Waals surface area contributed by atoms with Crippen LogP contribution in [0.25, 0.3) is 0 Å². The molecule has 0 aliphatic rings. The van der Waals surface area contributed by atoms with Crippen molar-refractivity contribution in [2.45, 2.75) is 13.5 Å². The van der Waals surface area contributed by atoms with Crippen LogP contribution in [0.1, 0.15) is 21.9 Å². The molecule has 0 fully saturated rings. The third-order valence-corrected chi connectivity index (χ3v) is 2.44. The molecular weight excluding hydrogens is 237 g/mol. The first-order chi connectivity index (χ1) is 8.56. The molecule has 0 bridgehead atoms. The van der Waals surface area contributed by atoms with Crippen LogP contribution in [0, 0.1) is 12.7 Å². The summed E-state index contributed by atoms with van der Waals surface area (Å²) in [5, 5.41) is 11.8. The van der Waals surface area contributed by atoms with Gasteiger partial charge in [-0.25, -0.2) is 14.2 Å². The predicted molar refractivity (Wildman–Crippen MR) is 64.0 cm³/mol. The van der Waals surface area contributed by atoms with Gasteiger partial charge in [0.1, 0.15) is 11.6 Å². The van der Waals surface area contributed by atoms with Crippen LogP contribution in [0.15, 0.2) is 24.4 Å². The second kappa shape index (κ2) is 4.87. The van der Waals surface area contributed by atoms with Gasteiger partial charge in [0.05, 0.1) is 24.0 Å². The normalized spacial score (nSPS) is 10.3. The van der Waals surface area contributed by atoms with Gasteiger partial charge in [0.15, 0.2) is 0 Å². The molecule has 0 radical (unpaired) electrons. The van der Waals surface area contributed by atoms with E-state index in [0.29, 0.717) is 12.2 Å². The summed E-state index contributed by atoms with van der Waals surface area (Å²) in [4.78, 5) is 17.8. The Hall–Kier alpha value is -2.37. The van der Waals surface area contributed by atoms with E-state index in [9.17, 15) is 9.18 Å². The molecule has 0 amide bonds.